The zero-order valence-electron chi connectivity index (χ0n) is 3.30. The number of rotatable bonds is 0. The Morgan fingerprint density at radius 2 is 1.50 bits per heavy atom. The van der Waals surface area contributed by atoms with Crippen LogP contribution < -0.4 is 5.11 Å². The van der Waals surface area contributed by atoms with E-state index in [1.54, 1.807) is 0 Å². The number of halogens is 3. The first-order chi connectivity index (χ1) is 2.94. The fourth-order valence-electron chi connectivity index (χ4n) is 0. The number of alkyl halides is 3. The minimum absolute atomic E-state index is 0. The molecule has 6 heteroatoms. The summed E-state index contributed by atoms with van der Waals surface area (Å²) in [6.07, 6.45) is -5.19. The summed E-state index contributed by atoms with van der Waals surface area (Å²) in [4.78, 5) is 8.78. The maximum Gasteiger partial charge on any atom is 3.00 e. The van der Waals surface area contributed by atoms with Gasteiger partial charge in [-0.2, -0.15) is 13.2 Å². The molecule has 0 aliphatic carbocycles. The molecule has 0 fully saturated rings. The van der Waals surface area contributed by atoms with Crippen molar-refractivity contribution in [3.63, 3.8) is 0 Å². The monoisotopic (exact) mass is 169 g/mol. The average Bonchev–Trinajstić information content (AvgIpc) is 1.31. The zero-order valence-corrected chi connectivity index (χ0v) is 4.41. The van der Waals surface area contributed by atoms with E-state index in [-0.39, 0.29) is 17.1 Å². The van der Waals surface area contributed by atoms with Crippen LogP contribution >= 0.6 is 0 Å². The molecule has 0 aromatic carbocycles. The van der Waals surface area contributed by atoms with Crippen LogP contribution in [0.3, 0.4) is 0 Å². The second-order valence-electron chi connectivity index (χ2n) is 0.785. The minimum Gasteiger partial charge on any atom is -0.542 e. The first-order valence-corrected chi connectivity index (χ1v) is 1.23. The summed E-state index contributed by atoms with van der Waals surface area (Å²) >= 11 is 0. The van der Waals surface area contributed by atoms with Crippen molar-refractivity contribution in [1.29, 1.82) is 0 Å². The van der Waals surface area contributed by atoms with E-state index in [4.69, 9.17) is 9.90 Å². The molecule has 0 amide bonds. The Hall–Kier alpha value is -0.221. The van der Waals surface area contributed by atoms with E-state index in [0.717, 1.165) is 0 Å². The van der Waals surface area contributed by atoms with Gasteiger partial charge in [-0.15, -0.1) is 0 Å². The molecule has 1 radical (unpaired) electrons. The maximum absolute atomic E-state index is 10.5. The summed E-state index contributed by atoms with van der Waals surface area (Å²) in [6, 6.07) is 0. The van der Waals surface area contributed by atoms with Crippen molar-refractivity contribution in [1.82, 2.24) is 0 Å². The minimum atomic E-state index is -5.19. The Morgan fingerprint density at radius 3 is 1.50 bits per heavy atom. The SMILES string of the molecule is O=C([O-])C(F)(F)F.[Fe+3]. The zero-order chi connectivity index (χ0) is 6.08. The van der Waals surface area contributed by atoms with Gasteiger partial charge in [0.05, 0.1) is 0 Å². The predicted octanol–water partition coefficient (Wildman–Crippen LogP) is -0.704. The Kier molecular flexibility index (Phi) is 3.93. The van der Waals surface area contributed by atoms with Crippen molar-refractivity contribution >= 4 is 5.97 Å². The Morgan fingerprint density at radius 1 is 1.38 bits per heavy atom. The van der Waals surface area contributed by atoms with E-state index in [9.17, 15) is 13.2 Å². The van der Waals surface area contributed by atoms with Crippen molar-refractivity contribution in [3.05, 3.63) is 0 Å². The molecule has 0 rings (SSSR count). The van der Waals surface area contributed by atoms with Crippen molar-refractivity contribution < 1.29 is 40.1 Å². The van der Waals surface area contributed by atoms with Crippen LogP contribution in [-0.2, 0) is 21.9 Å². The predicted molar refractivity (Wildman–Crippen MR) is 11.1 cm³/mol. The number of hydrogen-bond acceptors (Lipinski definition) is 2. The molecular formula is C2F3FeO2+2. The van der Waals surface area contributed by atoms with Gasteiger partial charge in [-0.05, 0) is 0 Å². The van der Waals surface area contributed by atoms with E-state index >= 15 is 0 Å². The molecule has 0 N–H and O–H groups in total. The van der Waals surface area contributed by atoms with Crippen LogP contribution in [-0.4, -0.2) is 12.1 Å². The number of carbonyl (C=O) groups is 1. The maximum atomic E-state index is 10.5. The molecule has 0 aromatic heterocycles. The van der Waals surface area contributed by atoms with Crippen LogP contribution in [0.5, 0.6) is 0 Å². The number of aliphatic carboxylic acids is 1. The van der Waals surface area contributed by atoms with Gasteiger partial charge in [-0.1, -0.05) is 0 Å². The summed E-state index contributed by atoms with van der Waals surface area (Å²) < 4.78 is 31.5. The molecule has 2 nitrogen and oxygen atoms in total. The Balaban J connectivity index is 0. The summed E-state index contributed by atoms with van der Waals surface area (Å²) in [5.41, 5.74) is 0. The summed E-state index contributed by atoms with van der Waals surface area (Å²) in [5, 5.41) is 8.78. The second-order valence-corrected chi connectivity index (χ2v) is 0.785. The molecule has 47 valence electrons. The normalized spacial score (nSPS) is 9.88. The van der Waals surface area contributed by atoms with Gasteiger partial charge in [0.1, 0.15) is 5.97 Å². The Labute approximate surface area is 53.2 Å². The smallest absolute Gasteiger partial charge is 0.542 e. The van der Waals surface area contributed by atoms with E-state index < -0.39 is 12.1 Å². The third-order valence-corrected chi connectivity index (χ3v) is 0.231. The topological polar surface area (TPSA) is 40.1 Å². The van der Waals surface area contributed by atoms with Gasteiger partial charge in [0.25, 0.3) is 0 Å². The van der Waals surface area contributed by atoms with E-state index in [1.165, 1.54) is 0 Å². The summed E-state index contributed by atoms with van der Waals surface area (Å²) in [7, 11) is 0. The average molecular weight is 169 g/mol. The van der Waals surface area contributed by atoms with Crippen LogP contribution in [0, 0.1) is 0 Å². The van der Waals surface area contributed by atoms with Gasteiger partial charge in [0.2, 0.25) is 0 Å². The third-order valence-electron chi connectivity index (χ3n) is 0.231. The molecule has 0 aromatic rings. The molecule has 0 aliphatic rings. The van der Waals surface area contributed by atoms with Crippen molar-refractivity contribution in [2.75, 3.05) is 0 Å². The van der Waals surface area contributed by atoms with Gasteiger partial charge < -0.3 is 9.90 Å². The van der Waals surface area contributed by atoms with Crippen LogP contribution in [0.15, 0.2) is 0 Å². The number of carboxylic acids is 1. The van der Waals surface area contributed by atoms with E-state index in [1.807, 2.05) is 0 Å². The summed E-state index contributed by atoms with van der Waals surface area (Å²) in [6.45, 7) is 0. The van der Waals surface area contributed by atoms with Crippen molar-refractivity contribution in [2.24, 2.45) is 0 Å². The molecular weight excluding hydrogens is 169 g/mol. The van der Waals surface area contributed by atoms with E-state index in [0.29, 0.717) is 0 Å². The molecule has 0 saturated carbocycles. The fourth-order valence-corrected chi connectivity index (χ4v) is 0. The number of carbonyl (C=O) groups excluding carboxylic acids is 1. The molecule has 8 heavy (non-hydrogen) atoms. The van der Waals surface area contributed by atoms with Crippen molar-refractivity contribution in [2.45, 2.75) is 6.18 Å². The third kappa shape index (κ3) is 3.95. The molecule has 0 bridgehead atoms. The number of carboxylic acid groups (broad SMARTS) is 1. The first kappa shape index (κ1) is 10.7. The first-order valence-electron chi connectivity index (χ1n) is 1.23. The van der Waals surface area contributed by atoms with E-state index in [2.05, 4.69) is 0 Å². The molecule has 0 unspecified atom stereocenters. The van der Waals surface area contributed by atoms with Crippen molar-refractivity contribution in [3.8, 4) is 0 Å². The van der Waals surface area contributed by atoms with Crippen LogP contribution in [0.4, 0.5) is 13.2 Å². The standard InChI is InChI=1S/C2HF3O2.Fe/c3-2(4,5)1(6)7;/h(H,6,7);/q;+3/p-1. The quantitative estimate of drug-likeness (QED) is 0.449. The van der Waals surface area contributed by atoms with Gasteiger partial charge in [0.15, 0.2) is 0 Å². The van der Waals surface area contributed by atoms with Gasteiger partial charge in [-0.25, -0.2) is 0 Å². The Bertz CT molecular complexity index is 87.8. The molecule has 0 atom stereocenters. The largest absolute Gasteiger partial charge is 3.00 e. The van der Waals surface area contributed by atoms with Crippen LogP contribution in [0.2, 0.25) is 0 Å². The molecule has 0 saturated heterocycles. The number of hydrogen-bond donors (Lipinski definition) is 0. The molecule has 0 aliphatic heterocycles. The van der Waals surface area contributed by atoms with Gasteiger partial charge in [0, 0.05) is 0 Å². The van der Waals surface area contributed by atoms with Crippen LogP contribution in [0.25, 0.3) is 0 Å². The van der Waals surface area contributed by atoms with Gasteiger partial charge in [-0.3, -0.25) is 0 Å². The molecule has 0 spiro atoms. The van der Waals surface area contributed by atoms with Crippen LogP contribution in [0.1, 0.15) is 0 Å². The second kappa shape index (κ2) is 2.94. The molecule has 0 heterocycles. The fraction of sp³-hybridized carbons (Fsp3) is 0.500. The van der Waals surface area contributed by atoms with Gasteiger partial charge >= 0.3 is 23.2 Å². The summed E-state index contributed by atoms with van der Waals surface area (Å²) in [5.74, 6) is -3.01.